The molecule has 0 amide bonds. The summed E-state index contributed by atoms with van der Waals surface area (Å²) in [5.74, 6) is 0.968. The van der Waals surface area contributed by atoms with Crippen molar-refractivity contribution in [2.24, 2.45) is 5.73 Å². The summed E-state index contributed by atoms with van der Waals surface area (Å²) in [4.78, 5) is 0. The van der Waals surface area contributed by atoms with Gasteiger partial charge in [-0.15, -0.1) is 0 Å². The highest BCUT2D eigenvalue weighted by molar-refractivity contribution is 5.33. The number of rotatable bonds is 2. The van der Waals surface area contributed by atoms with Crippen LogP contribution in [0.15, 0.2) is 18.2 Å². The molecule has 0 saturated heterocycles. The van der Waals surface area contributed by atoms with Crippen molar-refractivity contribution in [2.45, 2.75) is 20.8 Å². The van der Waals surface area contributed by atoms with Gasteiger partial charge >= 0.3 is 0 Å². The van der Waals surface area contributed by atoms with Crippen LogP contribution in [0, 0.1) is 13.8 Å². The lowest BCUT2D eigenvalue weighted by atomic mass is 10.1. The van der Waals surface area contributed by atoms with Gasteiger partial charge in [-0.05, 0) is 51.1 Å². The number of nitrogens with two attached hydrogens (primary N) is 1. The number of hydrogen-bond donors (Lipinski definition) is 1. The summed E-state index contributed by atoms with van der Waals surface area (Å²) >= 11 is 0. The van der Waals surface area contributed by atoms with Gasteiger partial charge < -0.3 is 10.5 Å². The van der Waals surface area contributed by atoms with Crippen LogP contribution in [-0.4, -0.2) is 13.7 Å². The Morgan fingerprint density at radius 1 is 1.15 bits per heavy atom. The molecule has 0 aliphatic heterocycles. The minimum absolute atomic E-state index is 0.739. The largest absolute Gasteiger partial charge is 0.494 e. The van der Waals surface area contributed by atoms with E-state index >= 15 is 0 Å². The maximum Gasteiger partial charge on any atom is 0.119 e. The molecule has 0 atom stereocenters. The molecule has 0 aliphatic rings. The molecule has 1 aromatic rings. The normalized spacial score (nSPS) is 8.69. The summed E-state index contributed by atoms with van der Waals surface area (Å²) in [6.45, 7) is 6.93. The molecule has 2 N–H and O–H groups in total. The molecule has 13 heavy (non-hydrogen) atoms. The summed E-state index contributed by atoms with van der Waals surface area (Å²) in [5, 5.41) is 0. The fourth-order valence-corrected chi connectivity index (χ4v) is 0.970. The van der Waals surface area contributed by atoms with E-state index in [1.807, 2.05) is 13.0 Å². The van der Waals surface area contributed by atoms with Crippen molar-refractivity contribution >= 4 is 0 Å². The van der Waals surface area contributed by atoms with Crippen molar-refractivity contribution in [1.82, 2.24) is 0 Å². The topological polar surface area (TPSA) is 35.2 Å². The van der Waals surface area contributed by atoms with E-state index in [1.54, 1.807) is 0 Å². The Hall–Kier alpha value is -1.02. The Morgan fingerprint density at radius 2 is 1.77 bits per heavy atom. The van der Waals surface area contributed by atoms with Crippen LogP contribution in [0.2, 0.25) is 0 Å². The van der Waals surface area contributed by atoms with Crippen molar-refractivity contribution in [3.63, 3.8) is 0 Å². The third-order valence-electron chi connectivity index (χ3n) is 1.79. The molecule has 0 bridgehead atoms. The Bertz CT molecular complexity index is 246. The lowest BCUT2D eigenvalue weighted by Gasteiger charge is -2.04. The van der Waals surface area contributed by atoms with Gasteiger partial charge in [-0.3, -0.25) is 0 Å². The average molecular weight is 181 g/mol. The van der Waals surface area contributed by atoms with E-state index in [2.05, 4.69) is 31.7 Å². The molecule has 0 aliphatic carbocycles. The lowest BCUT2D eigenvalue weighted by molar-refractivity contribution is 0.340. The molecule has 1 aromatic carbocycles. The van der Waals surface area contributed by atoms with Crippen LogP contribution >= 0.6 is 0 Å². The van der Waals surface area contributed by atoms with Crippen LogP contribution in [0.5, 0.6) is 5.75 Å². The molecule has 0 aromatic heterocycles. The Balaban J connectivity index is 0.000000671. The van der Waals surface area contributed by atoms with E-state index in [1.165, 1.54) is 18.2 Å². The van der Waals surface area contributed by atoms with Crippen molar-refractivity contribution in [3.05, 3.63) is 29.3 Å². The molecule has 74 valence electrons. The van der Waals surface area contributed by atoms with Crippen LogP contribution in [0.4, 0.5) is 0 Å². The minimum Gasteiger partial charge on any atom is -0.494 e. The molecule has 0 spiro atoms. The molecule has 0 fully saturated rings. The maximum atomic E-state index is 5.34. The van der Waals surface area contributed by atoms with Gasteiger partial charge in [0, 0.05) is 0 Å². The molecule has 2 nitrogen and oxygen atoms in total. The van der Waals surface area contributed by atoms with Crippen molar-refractivity contribution in [3.8, 4) is 5.75 Å². The van der Waals surface area contributed by atoms with Crippen LogP contribution in [0.1, 0.15) is 18.1 Å². The second-order valence-corrected chi connectivity index (χ2v) is 2.68. The van der Waals surface area contributed by atoms with Crippen LogP contribution in [0.3, 0.4) is 0 Å². The summed E-state index contributed by atoms with van der Waals surface area (Å²) in [5.41, 5.74) is 7.10. The molecule has 2 heteroatoms. The van der Waals surface area contributed by atoms with Crippen LogP contribution in [-0.2, 0) is 0 Å². The molecule has 0 saturated carbocycles. The summed E-state index contributed by atoms with van der Waals surface area (Å²) in [6, 6.07) is 6.16. The van der Waals surface area contributed by atoms with Crippen LogP contribution in [0.25, 0.3) is 0 Å². The predicted molar refractivity (Wildman–Crippen MR) is 57.2 cm³/mol. The fraction of sp³-hybridized carbons (Fsp3) is 0.455. The van der Waals surface area contributed by atoms with Crippen LogP contribution < -0.4 is 10.5 Å². The first-order chi connectivity index (χ1) is 6.24. The van der Waals surface area contributed by atoms with Gasteiger partial charge in [0.15, 0.2) is 0 Å². The highest BCUT2D eigenvalue weighted by Crippen LogP contribution is 2.15. The lowest BCUT2D eigenvalue weighted by Crippen LogP contribution is -1.92. The first kappa shape index (κ1) is 12.0. The monoisotopic (exact) mass is 181 g/mol. The SMILES string of the molecule is CCOc1ccc(C)c(C)c1.CN. The second-order valence-electron chi connectivity index (χ2n) is 2.68. The zero-order valence-electron chi connectivity index (χ0n) is 8.92. The first-order valence-corrected chi connectivity index (χ1v) is 4.52. The van der Waals surface area contributed by atoms with Gasteiger partial charge in [-0.25, -0.2) is 0 Å². The summed E-state index contributed by atoms with van der Waals surface area (Å²) < 4.78 is 5.34. The number of hydrogen-bond acceptors (Lipinski definition) is 2. The van der Waals surface area contributed by atoms with Gasteiger partial charge in [0.25, 0.3) is 0 Å². The van der Waals surface area contributed by atoms with E-state index in [9.17, 15) is 0 Å². The van der Waals surface area contributed by atoms with Gasteiger partial charge in [0.2, 0.25) is 0 Å². The molecular weight excluding hydrogens is 162 g/mol. The van der Waals surface area contributed by atoms with E-state index in [-0.39, 0.29) is 0 Å². The van der Waals surface area contributed by atoms with Gasteiger partial charge in [0.1, 0.15) is 5.75 Å². The quantitative estimate of drug-likeness (QED) is 0.759. The molecule has 0 radical (unpaired) electrons. The molecular formula is C11H19NO. The highest BCUT2D eigenvalue weighted by Gasteiger charge is 1.94. The van der Waals surface area contributed by atoms with Gasteiger partial charge in [-0.1, -0.05) is 6.07 Å². The number of aryl methyl sites for hydroxylation is 2. The fourth-order valence-electron chi connectivity index (χ4n) is 0.970. The average Bonchev–Trinajstić information content (AvgIpc) is 2.15. The third-order valence-corrected chi connectivity index (χ3v) is 1.79. The van der Waals surface area contributed by atoms with E-state index in [0.717, 1.165) is 12.4 Å². The number of benzene rings is 1. The first-order valence-electron chi connectivity index (χ1n) is 4.52. The van der Waals surface area contributed by atoms with Crippen molar-refractivity contribution < 1.29 is 4.74 Å². The van der Waals surface area contributed by atoms with Crippen molar-refractivity contribution in [1.29, 1.82) is 0 Å². The maximum absolute atomic E-state index is 5.34. The molecule has 0 unspecified atom stereocenters. The third kappa shape index (κ3) is 3.95. The highest BCUT2D eigenvalue weighted by atomic mass is 16.5. The Labute approximate surface area is 80.7 Å². The zero-order valence-corrected chi connectivity index (χ0v) is 8.92. The predicted octanol–water partition coefficient (Wildman–Crippen LogP) is 2.28. The zero-order chi connectivity index (χ0) is 10.3. The standard InChI is InChI=1S/C10H14O.CH5N/c1-4-11-10-6-5-8(2)9(3)7-10;1-2/h5-7H,4H2,1-3H3;2H2,1H3. The van der Waals surface area contributed by atoms with Gasteiger partial charge in [0.05, 0.1) is 6.61 Å². The second kappa shape index (κ2) is 6.49. The smallest absolute Gasteiger partial charge is 0.119 e. The summed E-state index contributed by atoms with van der Waals surface area (Å²) in [7, 11) is 1.50. The van der Waals surface area contributed by atoms with E-state index in [4.69, 9.17) is 4.74 Å². The van der Waals surface area contributed by atoms with Gasteiger partial charge in [-0.2, -0.15) is 0 Å². The molecule has 1 rings (SSSR count). The van der Waals surface area contributed by atoms with E-state index < -0.39 is 0 Å². The summed E-state index contributed by atoms with van der Waals surface area (Å²) in [6.07, 6.45) is 0. The minimum atomic E-state index is 0.739. The Morgan fingerprint density at radius 3 is 2.23 bits per heavy atom. The Kier molecular flexibility index (Phi) is 5.98. The number of ether oxygens (including phenoxy) is 1. The molecule has 0 heterocycles. The van der Waals surface area contributed by atoms with E-state index in [0.29, 0.717) is 0 Å². The van der Waals surface area contributed by atoms with Crippen molar-refractivity contribution in [2.75, 3.05) is 13.7 Å².